The van der Waals surface area contributed by atoms with E-state index in [4.69, 9.17) is 16.6 Å². The number of halogens is 10. The van der Waals surface area contributed by atoms with E-state index >= 15 is 0 Å². The lowest BCUT2D eigenvalue weighted by Gasteiger charge is -2.40. The fourth-order valence-electron chi connectivity index (χ4n) is 6.07. The summed E-state index contributed by atoms with van der Waals surface area (Å²) in [7, 11) is 0. The van der Waals surface area contributed by atoms with Crippen molar-refractivity contribution in [3.8, 4) is 0 Å². The number of amidine groups is 2. The van der Waals surface area contributed by atoms with Crippen LogP contribution in [0.4, 0.5) is 50.9 Å². The van der Waals surface area contributed by atoms with Crippen LogP contribution in [0.25, 0.3) is 0 Å². The van der Waals surface area contributed by atoms with E-state index in [-0.39, 0.29) is 42.5 Å². The number of nitrogens with zero attached hydrogens (tertiary/aromatic N) is 4. The Morgan fingerprint density at radius 2 is 1.14 bits per heavy atom. The summed E-state index contributed by atoms with van der Waals surface area (Å²) in [6.07, 6.45) is -16.6. The molecule has 270 valence electrons. The summed E-state index contributed by atoms with van der Waals surface area (Å²) in [4.78, 5) is 12.2. The third kappa shape index (κ3) is 8.35. The molecule has 4 aromatic rings. The monoisotopic (exact) mass is 738 g/mol. The second-order valence-corrected chi connectivity index (χ2v) is 12.8. The number of benzene rings is 4. The molecule has 0 N–H and O–H groups in total. The highest BCUT2D eigenvalue weighted by Crippen LogP contribution is 2.45. The van der Waals surface area contributed by atoms with Crippen molar-refractivity contribution >= 4 is 34.6 Å². The van der Waals surface area contributed by atoms with Crippen molar-refractivity contribution in [1.82, 2.24) is 9.80 Å². The molecule has 0 aliphatic carbocycles. The average molecular weight is 739 g/mol. The maximum absolute atomic E-state index is 14.7. The number of hydrogen-bond acceptors (Lipinski definition) is 2. The van der Waals surface area contributed by atoms with Gasteiger partial charge in [0.1, 0.15) is 11.7 Å². The van der Waals surface area contributed by atoms with Crippen LogP contribution in [0.15, 0.2) is 82.8 Å². The lowest BCUT2D eigenvalue weighted by Crippen LogP contribution is -2.50. The minimum atomic E-state index is -5.64. The number of para-hydroxylation sites is 1. The van der Waals surface area contributed by atoms with Crippen molar-refractivity contribution in [3.63, 3.8) is 0 Å². The molecule has 0 atom stereocenters. The van der Waals surface area contributed by atoms with E-state index < -0.39 is 46.6 Å². The minimum absolute atomic E-state index is 0.0607. The molecule has 1 fully saturated rings. The van der Waals surface area contributed by atoms with E-state index in [1.807, 2.05) is 32.0 Å². The van der Waals surface area contributed by atoms with Crippen molar-refractivity contribution < 1.29 is 39.5 Å². The number of rotatable bonds is 4. The predicted octanol–water partition coefficient (Wildman–Crippen LogP) is 11.5. The van der Waals surface area contributed by atoms with Crippen LogP contribution in [0.3, 0.4) is 0 Å². The van der Waals surface area contributed by atoms with Crippen LogP contribution in [-0.2, 0) is 18.5 Å². The first-order valence-corrected chi connectivity index (χ1v) is 16.1. The lowest BCUT2D eigenvalue weighted by molar-refractivity contribution is -0.148. The van der Waals surface area contributed by atoms with Crippen LogP contribution in [-0.4, -0.2) is 41.2 Å². The number of aryl methyl sites for hydroxylation is 4. The largest absolute Gasteiger partial charge is 0.417 e. The van der Waals surface area contributed by atoms with Crippen LogP contribution in [0.2, 0.25) is 5.02 Å². The molecule has 51 heavy (non-hydrogen) atoms. The van der Waals surface area contributed by atoms with E-state index in [9.17, 15) is 39.5 Å². The van der Waals surface area contributed by atoms with Gasteiger partial charge in [0, 0.05) is 24.2 Å². The average Bonchev–Trinajstić information content (AvgIpc) is 3.03. The second-order valence-electron chi connectivity index (χ2n) is 12.4. The molecule has 0 aromatic heterocycles. The Labute approximate surface area is 293 Å². The zero-order chi connectivity index (χ0) is 37.5. The molecule has 0 amide bonds. The lowest BCUT2D eigenvalue weighted by atomic mass is 9.94. The summed E-state index contributed by atoms with van der Waals surface area (Å²) in [6.45, 7) is 6.85. The fraction of sp³-hybridized carbons (Fsp3) is 0.297. The molecule has 1 aliphatic heterocycles. The van der Waals surface area contributed by atoms with Crippen LogP contribution >= 0.6 is 11.6 Å². The van der Waals surface area contributed by atoms with Crippen molar-refractivity contribution in [1.29, 1.82) is 0 Å². The zero-order valence-corrected chi connectivity index (χ0v) is 28.6. The number of alkyl halides is 9. The summed E-state index contributed by atoms with van der Waals surface area (Å²) in [6, 6.07) is 16.9. The molecule has 1 aliphatic rings. The molecule has 0 saturated carbocycles. The molecule has 1 saturated heterocycles. The Kier molecular flexibility index (Phi) is 10.5. The van der Waals surface area contributed by atoms with Crippen LogP contribution < -0.4 is 0 Å². The van der Waals surface area contributed by atoms with Crippen molar-refractivity contribution in [2.45, 2.75) is 52.6 Å². The van der Waals surface area contributed by atoms with Gasteiger partial charge < -0.3 is 9.80 Å². The molecular weight excluding hydrogens is 707 g/mol. The first-order chi connectivity index (χ1) is 23.8. The molecule has 0 spiro atoms. The van der Waals surface area contributed by atoms with Crippen LogP contribution in [0.5, 0.6) is 0 Å². The normalized spacial score (nSPS) is 15.1. The Morgan fingerprint density at radius 1 is 0.608 bits per heavy atom. The fourth-order valence-corrected chi connectivity index (χ4v) is 6.44. The van der Waals surface area contributed by atoms with Crippen molar-refractivity contribution in [2.75, 3.05) is 19.8 Å². The molecule has 4 aromatic carbocycles. The Morgan fingerprint density at radius 3 is 1.65 bits per heavy atom. The second kappa shape index (κ2) is 14.2. The molecule has 0 unspecified atom stereocenters. The third-order valence-corrected chi connectivity index (χ3v) is 8.69. The predicted molar refractivity (Wildman–Crippen MR) is 180 cm³/mol. The summed E-state index contributed by atoms with van der Waals surface area (Å²) in [5, 5.41) is -0.0607. The Bertz CT molecular complexity index is 1900. The maximum Gasteiger partial charge on any atom is 0.417 e. The van der Waals surface area contributed by atoms with E-state index in [1.54, 1.807) is 48.2 Å². The highest BCUT2D eigenvalue weighted by molar-refractivity contribution is 6.33. The van der Waals surface area contributed by atoms with Gasteiger partial charge in [0.25, 0.3) is 0 Å². The van der Waals surface area contributed by atoms with E-state index in [0.29, 0.717) is 34.8 Å². The van der Waals surface area contributed by atoms with Gasteiger partial charge >= 0.3 is 18.5 Å². The summed E-state index contributed by atoms with van der Waals surface area (Å²) in [5.41, 5.74) is -4.11. The molecule has 4 nitrogen and oxygen atoms in total. The Balaban J connectivity index is 1.80. The van der Waals surface area contributed by atoms with Crippen LogP contribution in [0.1, 0.15) is 56.5 Å². The Hall–Kier alpha value is -4.52. The standard InChI is InChI=1S/C37H32ClF9N4/c1-21-16-24(4)32(29(38)17-21)49-34(30-27(36(42,43)44)18-26(35(39,40)41)19-28(30)37(45,46)47)51-15-9-14-50(20-51)33(25-12-6-5-7-13-25)48-31-22(2)10-8-11-23(31)3/h5-8,10-13,16-19H,9,14-15,20H2,1-4H3/b48-33+,49-34+. The summed E-state index contributed by atoms with van der Waals surface area (Å²) >= 11 is 6.48. The van der Waals surface area contributed by atoms with Gasteiger partial charge in [-0.05, 0) is 74.6 Å². The van der Waals surface area contributed by atoms with Gasteiger partial charge in [0.15, 0.2) is 0 Å². The number of aliphatic imine (C=N–C) groups is 2. The topological polar surface area (TPSA) is 31.2 Å². The van der Waals surface area contributed by atoms with Gasteiger partial charge in [-0.1, -0.05) is 66.2 Å². The van der Waals surface area contributed by atoms with E-state index in [2.05, 4.69) is 4.99 Å². The van der Waals surface area contributed by atoms with Crippen molar-refractivity contribution in [3.05, 3.63) is 128 Å². The maximum atomic E-state index is 14.7. The third-order valence-electron chi connectivity index (χ3n) is 8.40. The number of hydrogen-bond donors (Lipinski definition) is 0. The molecule has 0 bridgehead atoms. The highest BCUT2D eigenvalue weighted by Gasteiger charge is 2.47. The van der Waals surface area contributed by atoms with Gasteiger partial charge in [-0.15, -0.1) is 0 Å². The minimum Gasteiger partial charge on any atom is -0.338 e. The van der Waals surface area contributed by atoms with Crippen molar-refractivity contribution in [2.24, 2.45) is 9.98 Å². The highest BCUT2D eigenvalue weighted by atomic mass is 35.5. The summed E-state index contributed by atoms with van der Waals surface area (Å²) in [5.74, 6) is -0.442. The van der Waals surface area contributed by atoms with Crippen LogP contribution in [0, 0.1) is 27.7 Å². The van der Waals surface area contributed by atoms with Gasteiger partial charge in [0.05, 0.1) is 39.8 Å². The molecule has 5 rings (SSSR count). The van der Waals surface area contributed by atoms with Gasteiger partial charge in [-0.25, -0.2) is 9.98 Å². The molecule has 1 heterocycles. The van der Waals surface area contributed by atoms with Gasteiger partial charge in [-0.2, -0.15) is 39.5 Å². The smallest absolute Gasteiger partial charge is 0.338 e. The first-order valence-electron chi connectivity index (χ1n) is 15.7. The zero-order valence-electron chi connectivity index (χ0n) is 27.8. The van der Waals surface area contributed by atoms with E-state index in [1.165, 1.54) is 17.9 Å². The van der Waals surface area contributed by atoms with Gasteiger partial charge in [0.2, 0.25) is 0 Å². The molecular formula is C37H32ClF9N4. The summed E-state index contributed by atoms with van der Waals surface area (Å²) < 4.78 is 130. The molecule has 14 heteroatoms. The quantitative estimate of drug-likeness (QED) is 0.119. The van der Waals surface area contributed by atoms with E-state index in [0.717, 1.165) is 11.1 Å². The first kappa shape index (κ1) is 37.7. The SMILES string of the molecule is Cc1cc(C)c(/N=C(\c2c(C(F)(F)F)cc(C(F)(F)F)cc2C(F)(F)F)N2CCCN(/C(=N/c3c(C)cccc3C)c3ccccc3)C2)c(Cl)c1. The molecule has 0 radical (unpaired) electrons. The van der Waals surface area contributed by atoms with Gasteiger partial charge in [-0.3, -0.25) is 0 Å².